The number of aryl methyl sites for hydroxylation is 1. The van der Waals surface area contributed by atoms with Gasteiger partial charge in [0, 0.05) is 17.3 Å². The highest BCUT2D eigenvalue weighted by Crippen LogP contribution is 2.33. The molecule has 0 fully saturated rings. The van der Waals surface area contributed by atoms with E-state index in [1.807, 2.05) is 24.3 Å². The van der Waals surface area contributed by atoms with Crippen LogP contribution in [0.25, 0.3) is 11.1 Å². The number of anilines is 1. The summed E-state index contributed by atoms with van der Waals surface area (Å²) in [5, 5.41) is 3.52. The fourth-order valence-electron chi connectivity index (χ4n) is 3.05. The number of nitrogens with two attached hydrogens (primary N) is 1. The van der Waals surface area contributed by atoms with E-state index in [0.717, 1.165) is 28.8 Å². The third-order valence-corrected chi connectivity index (χ3v) is 4.47. The Kier molecular flexibility index (Phi) is 5.39. The van der Waals surface area contributed by atoms with Gasteiger partial charge in [0.2, 0.25) is 0 Å². The molecule has 1 amide bonds. The number of carbonyl (C=O) groups excluding carboxylic acids is 1. The summed E-state index contributed by atoms with van der Waals surface area (Å²) < 4.78 is 5.34. The Balaban J connectivity index is 1.91. The van der Waals surface area contributed by atoms with Crippen LogP contribution in [0.1, 0.15) is 41.6 Å². The minimum atomic E-state index is -0.449. The molecule has 0 spiro atoms. The number of hydrogen-bond donors (Lipinski definition) is 3. The number of nitrogens with one attached hydrogen (secondary N) is 2. The van der Waals surface area contributed by atoms with Crippen LogP contribution in [0.15, 0.2) is 65.3 Å². The third kappa shape index (κ3) is 3.63. The number of amides is 1. The molecule has 0 aliphatic rings. The van der Waals surface area contributed by atoms with Crippen LogP contribution in [0.4, 0.5) is 5.69 Å². The van der Waals surface area contributed by atoms with Crippen molar-refractivity contribution in [1.29, 1.82) is 0 Å². The number of nitrogen functional groups attached to an aromatic ring is 1. The smallest absolute Gasteiger partial charge is 0.301 e. The van der Waals surface area contributed by atoms with Crippen LogP contribution in [-0.4, -0.2) is 5.91 Å². The summed E-state index contributed by atoms with van der Waals surface area (Å²) in [7, 11) is 0. The van der Waals surface area contributed by atoms with Crippen LogP contribution in [0, 0.1) is 0 Å². The normalized spacial score (nSPS) is 11.8. The maximum Gasteiger partial charge on any atom is 0.301 e. The van der Waals surface area contributed by atoms with Crippen LogP contribution < -0.4 is 16.6 Å². The molecule has 1 unspecified atom stereocenters. The summed E-state index contributed by atoms with van der Waals surface area (Å²) in [6.07, 6.45) is 2.52. The first kappa shape index (κ1) is 17.8. The number of carbonyl (C=O) groups is 1. The molecule has 5 nitrogen and oxygen atoms in total. The van der Waals surface area contributed by atoms with Gasteiger partial charge in [-0.1, -0.05) is 43.3 Å². The van der Waals surface area contributed by atoms with Crippen molar-refractivity contribution in [2.75, 3.05) is 5.32 Å². The van der Waals surface area contributed by atoms with Crippen LogP contribution >= 0.6 is 0 Å². The highest BCUT2D eigenvalue weighted by molar-refractivity contribution is 5.98. The zero-order valence-corrected chi connectivity index (χ0v) is 15.0. The van der Waals surface area contributed by atoms with Crippen LogP contribution in [0.3, 0.4) is 0 Å². The summed E-state index contributed by atoms with van der Waals surface area (Å²) in [6.45, 7) is 4.23. The fourth-order valence-corrected chi connectivity index (χ4v) is 3.05. The Hall–Kier alpha value is -3.05. The molecule has 0 radical (unpaired) electrons. The Bertz CT molecular complexity index is 884. The molecule has 26 heavy (non-hydrogen) atoms. The quantitative estimate of drug-likeness (QED) is 0.352. The zero-order chi connectivity index (χ0) is 18.5. The second kappa shape index (κ2) is 7.89. The van der Waals surface area contributed by atoms with Crippen LogP contribution in [0.2, 0.25) is 0 Å². The molecule has 1 aromatic heterocycles. The number of rotatable bonds is 6. The van der Waals surface area contributed by atoms with Crippen molar-refractivity contribution in [2.45, 2.75) is 26.3 Å². The first-order valence-electron chi connectivity index (χ1n) is 8.67. The van der Waals surface area contributed by atoms with Gasteiger partial charge in [-0.15, -0.1) is 0 Å². The molecule has 2 aromatic carbocycles. The molecule has 4 N–H and O–H groups in total. The fraction of sp³-hybridized carbons (Fsp3) is 0.190. The molecular weight excluding hydrogens is 326 g/mol. The summed E-state index contributed by atoms with van der Waals surface area (Å²) in [5.74, 6) is 5.02. The molecule has 0 saturated carbocycles. The van der Waals surface area contributed by atoms with E-state index in [4.69, 9.17) is 10.3 Å². The largest absolute Gasteiger partial charge is 0.458 e. The molecule has 134 valence electrons. The Morgan fingerprint density at radius 2 is 1.81 bits per heavy atom. The van der Waals surface area contributed by atoms with Crippen molar-refractivity contribution >= 4 is 11.6 Å². The van der Waals surface area contributed by atoms with Gasteiger partial charge in [0.25, 0.3) is 0 Å². The summed E-state index contributed by atoms with van der Waals surface area (Å²) in [6, 6.07) is 18.2. The van der Waals surface area contributed by atoms with Gasteiger partial charge in [0.05, 0.1) is 6.26 Å². The zero-order valence-electron chi connectivity index (χ0n) is 15.0. The van der Waals surface area contributed by atoms with E-state index >= 15 is 0 Å². The van der Waals surface area contributed by atoms with Gasteiger partial charge in [-0.05, 0) is 48.2 Å². The van der Waals surface area contributed by atoms with Crippen molar-refractivity contribution in [3.05, 3.63) is 77.7 Å². The Morgan fingerprint density at radius 3 is 2.50 bits per heavy atom. The predicted molar refractivity (Wildman–Crippen MR) is 104 cm³/mol. The molecule has 1 atom stereocenters. The van der Waals surface area contributed by atoms with E-state index in [1.165, 1.54) is 11.8 Å². The average Bonchev–Trinajstić information content (AvgIpc) is 3.17. The van der Waals surface area contributed by atoms with Gasteiger partial charge in [-0.25, -0.2) is 5.84 Å². The SMILES string of the molecule is CCc1ccc(NC(C)c2ccccc2-c2ccoc2C(=O)NN)cc1. The maximum atomic E-state index is 12.0. The molecule has 5 heteroatoms. The second-order valence-corrected chi connectivity index (χ2v) is 6.14. The van der Waals surface area contributed by atoms with E-state index < -0.39 is 5.91 Å². The highest BCUT2D eigenvalue weighted by Gasteiger charge is 2.20. The van der Waals surface area contributed by atoms with E-state index in [-0.39, 0.29) is 11.8 Å². The Morgan fingerprint density at radius 1 is 1.08 bits per heavy atom. The molecule has 3 rings (SSSR count). The van der Waals surface area contributed by atoms with Gasteiger partial charge in [0.15, 0.2) is 5.76 Å². The lowest BCUT2D eigenvalue weighted by molar-refractivity contribution is 0.0927. The standard InChI is InChI=1S/C21H23N3O2/c1-3-15-8-10-16(11-9-15)23-14(2)17-6-4-5-7-18(17)19-12-13-26-20(19)21(25)24-22/h4-14,23H,3,22H2,1-2H3,(H,24,25). The number of hydrazine groups is 1. The lowest BCUT2D eigenvalue weighted by atomic mass is 9.95. The molecule has 0 aliphatic heterocycles. The molecule has 0 saturated heterocycles. The van der Waals surface area contributed by atoms with Gasteiger partial charge in [0.1, 0.15) is 0 Å². The minimum absolute atomic E-state index is 0.0439. The van der Waals surface area contributed by atoms with E-state index in [9.17, 15) is 4.79 Å². The van der Waals surface area contributed by atoms with Crippen molar-refractivity contribution in [2.24, 2.45) is 5.84 Å². The van der Waals surface area contributed by atoms with Crippen molar-refractivity contribution in [3.63, 3.8) is 0 Å². The van der Waals surface area contributed by atoms with Gasteiger partial charge >= 0.3 is 5.91 Å². The summed E-state index contributed by atoms with van der Waals surface area (Å²) in [5.41, 5.74) is 7.21. The lowest BCUT2D eigenvalue weighted by Crippen LogP contribution is -2.30. The molecule has 0 bridgehead atoms. The Labute approximate surface area is 153 Å². The van der Waals surface area contributed by atoms with Crippen molar-refractivity contribution in [1.82, 2.24) is 5.43 Å². The molecular formula is C21H23N3O2. The van der Waals surface area contributed by atoms with E-state index in [1.54, 1.807) is 6.07 Å². The maximum absolute atomic E-state index is 12.0. The topological polar surface area (TPSA) is 80.3 Å². The summed E-state index contributed by atoms with van der Waals surface area (Å²) >= 11 is 0. The second-order valence-electron chi connectivity index (χ2n) is 6.14. The summed E-state index contributed by atoms with van der Waals surface area (Å²) in [4.78, 5) is 12.0. The van der Waals surface area contributed by atoms with Crippen molar-refractivity contribution < 1.29 is 9.21 Å². The monoisotopic (exact) mass is 349 g/mol. The molecule has 1 heterocycles. The van der Waals surface area contributed by atoms with E-state index in [2.05, 4.69) is 48.9 Å². The first-order valence-corrected chi connectivity index (χ1v) is 8.67. The molecule has 0 aliphatic carbocycles. The van der Waals surface area contributed by atoms with Crippen LogP contribution in [-0.2, 0) is 6.42 Å². The molecule has 3 aromatic rings. The van der Waals surface area contributed by atoms with Gasteiger partial charge < -0.3 is 9.73 Å². The van der Waals surface area contributed by atoms with Gasteiger partial charge in [-0.3, -0.25) is 10.2 Å². The highest BCUT2D eigenvalue weighted by atomic mass is 16.3. The number of hydrogen-bond acceptors (Lipinski definition) is 4. The van der Waals surface area contributed by atoms with E-state index in [0.29, 0.717) is 0 Å². The third-order valence-electron chi connectivity index (χ3n) is 4.47. The van der Waals surface area contributed by atoms with Crippen molar-refractivity contribution in [3.8, 4) is 11.1 Å². The predicted octanol–water partition coefficient (Wildman–Crippen LogP) is 4.29. The number of furan rings is 1. The minimum Gasteiger partial charge on any atom is -0.458 e. The lowest BCUT2D eigenvalue weighted by Gasteiger charge is -2.19. The number of benzene rings is 2. The first-order chi connectivity index (χ1) is 12.6. The average molecular weight is 349 g/mol. The van der Waals surface area contributed by atoms with Gasteiger partial charge in [-0.2, -0.15) is 0 Å². The van der Waals surface area contributed by atoms with Crippen LogP contribution in [0.5, 0.6) is 0 Å².